The highest BCUT2D eigenvalue weighted by Crippen LogP contribution is 2.61. The minimum Gasteiger partial charge on any atom is -0.395 e. The fraction of sp³-hybridized carbons (Fsp3) is 0.812. The van der Waals surface area contributed by atoms with Gasteiger partial charge in [-0.1, -0.05) is 18.6 Å². The topological polar surface area (TPSA) is 37.3 Å². The van der Waals surface area contributed by atoms with Gasteiger partial charge in [0.15, 0.2) is 0 Å². The second-order valence-electron chi connectivity index (χ2n) is 6.84. The fourth-order valence-corrected chi connectivity index (χ4v) is 4.81. The Morgan fingerprint density at radius 3 is 3.00 bits per heavy atom. The van der Waals surface area contributed by atoms with Gasteiger partial charge < -0.3 is 5.11 Å². The summed E-state index contributed by atoms with van der Waals surface area (Å²) < 4.78 is 0. The molecule has 0 heterocycles. The molecule has 0 aromatic carbocycles. The van der Waals surface area contributed by atoms with Crippen LogP contribution in [0.25, 0.3) is 0 Å². The first-order valence-corrected chi connectivity index (χ1v) is 7.44. The van der Waals surface area contributed by atoms with Gasteiger partial charge in [0.1, 0.15) is 5.78 Å². The lowest BCUT2D eigenvalue weighted by Crippen LogP contribution is -2.49. The van der Waals surface area contributed by atoms with Crippen LogP contribution in [0.3, 0.4) is 0 Å². The number of hydrogen-bond donors (Lipinski definition) is 1. The summed E-state index contributed by atoms with van der Waals surface area (Å²) in [7, 11) is 0. The number of aliphatic hydroxyl groups excluding tert-OH is 1. The van der Waals surface area contributed by atoms with Crippen LogP contribution in [0, 0.1) is 16.7 Å². The first-order valence-electron chi connectivity index (χ1n) is 7.44. The average molecular weight is 248 g/mol. The highest BCUT2D eigenvalue weighted by Gasteiger charge is 2.53. The van der Waals surface area contributed by atoms with Crippen molar-refractivity contribution in [3.05, 3.63) is 11.6 Å². The van der Waals surface area contributed by atoms with Crippen molar-refractivity contribution in [1.29, 1.82) is 0 Å². The second-order valence-corrected chi connectivity index (χ2v) is 6.84. The Bertz CT molecular complexity index is 398. The molecule has 3 atom stereocenters. The van der Waals surface area contributed by atoms with Crippen LogP contribution in [0.4, 0.5) is 0 Å². The van der Waals surface area contributed by atoms with Crippen LogP contribution < -0.4 is 0 Å². The molecule has 3 aliphatic rings. The van der Waals surface area contributed by atoms with E-state index in [0.717, 1.165) is 44.9 Å². The number of ketones is 1. The lowest BCUT2D eigenvalue weighted by atomic mass is 9.49. The molecule has 3 rings (SSSR count). The van der Waals surface area contributed by atoms with Gasteiger partial charge in [-0.25, -0.2) is 0 Å². The number of rotatable bonds is 1. The zero-order valence-electron chi connectivity index (χ0n) is 11.4. The number of carbonyl (C=O) groups is 1. The molecule has 2 nitrogen and oxygen atoms in total. The molecule has 2 fully saturated rings. The lowest BCUT2D eigenvalue weighted by Gasteiger charge is -2.56. The maximum Gasteiger partial charge on any atom is 0.133 e. The molecule has 1 N–H and O–H groups in total. The molecule has 2 heteroatoms. The minimum atomic E-state index is 0.0594. The Morgan fingerprint density at radius 1 is 1.39 bits per heavy atom. The van der Waals surface area contributed by atoms with Crippen molar-refractivity contribution in [3.63, 3.8) is 0 Å². The number of hydrogen-bond acceptors (Lipinski definition) is 2. The molecule has 3 aliphatic carbocycles. The molecule has 0 amide bonds. The average Bonchev–Trinajstić information content (AvgIpc) is 2.40. The van der Waals surface area contributed by atoms with E-state index in [1.54, 1.807) is 0 Å². The highest BCUT2D eigenvalue weighted by atomic mass is 16.3. The summed E-state index contributed by atoms with van der Waals surface area (Å²) in [4.78, 5) is 11.7. The summed E-state index contributed by atoms with van der Waals surface area (Å²) in [6.45, 7) is 2.65. The summed E-state index contributed by atoms with van der Waals surface area (Å²) in [5, 5.41) is 9.93. The first kappa shape index (κ1) is 12.4. The van der Waals surface area contributed by atoms with E-state index in [1.807, 2.05) is 0 Å². The van der Waals surface area contributed by atoms with Crippen LogP contribution in [-0.4, -0.2) is 17.5 Å². The first-order chi connectivity index (χ1) is 8.61. The molecule has 0 bridgehead atoms. The third kappa shape index (κ3) is 1.61. The van der Waals surface area contributed by atoms with E-state index in [9.17, 15) is 9.90 Å². The van der Waals surface area contributed by atoms with Crippen molar-refractivity contribution in [1.82, 2.24) is 0 Å². The van der Waals surface area contributed by atoms with Crippen molar-refractivity contribution in [2.75, 3.05) is 6.61 Å². The van der Waals surface area contributed by atoms with Crippen LogP contribution in [0.15, 0.2) is 11.6 Å². The number of carbonyl (C=O) groups excluding carboxylic acids is 1. The van der Waals surface area contributed by atoms with Gasteiger partial charge in [-0.2, -0.15) is 0 Å². The molecule has 0 aliphatic heterocycles. The van der Waals surface area contributed by atoms with Gasteiger partial charge in [0.05, 0.1) is 6.61 Å². The molecule has 0 aromatic heterocycles. The summed E-state index contributed by atoms with van der Waals surface area (Å²) in [5.74, 6) is 0.980. The van der Waals surface area contributed by atoms with Crippen molar-refractivity contribution < 1.29 is 9.90 Å². The van der Waals surface area contributed by atoms with Gasteiger partial charge in [0.2, 0.25) is 0 Å². The molecule has 0 aromatic rings. The van der Waals surface area contributed by atoms with Gasteiger partial charge in [0, 0.05) is 18.3 Å². The van der Waals surface area contributed by atoms with E-state index in [1.165, 1.54) is 12.0 Å². The molecule has 0 radical (unpaired) electrons. The van der Waals surface area contributed by atoms with Gasteiger partial charge in [-0.15, -0.1) is 0 Å². The van der Waals surface area contributed by atoms with E-state index in [0.29, 0.717) is 18.3 Å². The molecule has 18 heavy (non-hydrogen) atoms. The van der Waals surface area contributed by atoms with Crippen molar-refractivity contribution in [2.24, 2.45) is 16.7 Å². The smallest absolute Gasteiger partial charge is 0.133 e. The molecular weight excluding hydrogens is 224 g/mol. The number of aliphatic hydroxyl groups is 1. The van der Waals surface area contributed by atoms with Crippen LogP contribution >= 0.6 is 0 Å². The SMILES string of the molecule is C[C@]12CCC(=O)CC1CCC1(CO)CCCC=C12. The number of Topliss-reactive ketones (excluding diaryl/α,β-unsaturated/α-hetero) is 1. The maximum absolute atomic E-state index is 11.7. The Kier molecular flexibility index (Phi) is 2.89. The summed E-state index contributed by atoms with van der Waals surface area (Å²) in [5.41, 5.74) is 1.76. The Balaban J connectivity index is 2.00. The van der Waals surface area contributed by atoms with Crippen LogP contribution in [0.5, 0.6) is 0 Å². The standard InChI is InChI=1S/C16H24O2/c1-15-8-6-13(18)10-12(15)5-9-16(11-17)7-3-2-4-14(15)16/h4,12,17H,2-3,5-11H2,1H3/t12?,15-,16?/m0/s1. The lowest BCUT2D eigenvalue weighted by molar-refractivity contribution is -0.125. The predicted octanol–water partition coefficient (Wildman–Crippen LogP) is 3.24. The quantitative estimate of drug-likeness (QED) is 0.723. The Morgan fingerprint density at radius 2 is 2.22 bits per heavy atom. The monoisotopic (exact) mass is 248 g/mol. The minimum absolute atomic E-state index is 0.0594. The van der Waals surface area contributed by atoms with Gasteiger partial charge in [-0.05, 0) is 49.9 Å². The summed E-state index contributed by atoms with van der Waals surface area (Å²) in [6, 6.07) is 0. The van der Waals surface area contributed by atoms with E-state index in [-0.39, 0.29) is 10.8 Å². The van der Waals surface area contributed by atoms with Crippen molar-refractivity contribution in [2.45, 2.75) is 58.3 Å². The Hall–Kier alpha value is -0.630. The third-order valence-corrected chi connectivity index (χ3v) is 5.97. The van der Waals surface area contributed by atoms with Crippen LogP contribution in [0.2, 0.25) is 0 Å². The number of allylic oxidation sites excluding steroid dienone is 1. The largest absolute Gasteiger partial charge is 0.395 e. The summed E-state index contributed by atoms with van der Waals surface area (Å²) >= 11 is 0. The predicted molar refractivity (Wildman–Crippen MR) is 71.1 cm³/mol. The fourth-order valence-electron chi connectivity index (χ4n) is 4.81. The van der Waals surface area contributed by atoms with E-state index < -0.39 is 0 Å². The summed E-state index contributed by atoms with van der Waals surface area (Å²) in [6.07, 6.45) is 10.7. The molecule has 2 saturated carbocycles. The van der Waals surface area contributed by atoms with E-state index in [4.69, 9.17) is 0 Å². The normalized spacial score (nSPS) is 44.0. The second kappa shape index (κ2) is 4.19. The Labute approximate surface area is 109 Å². The van der Waals surface area contributed by atoms with E-state index >= 15 is 0 Å². The van der Waals surface area contributed by atoms with E-state index in [2.05, 4.69) is 13.0 Å². The molecule has 0 saturated heterocycles. The van der Waals surface area contributed by atoms with Crippen molar-refractivity contribution in [3.8, 4) is 0 Å². The molecular formula is C16H24O2. The van der Waals surface area contributed by atoms with Gasteiger partial charge >= 0.3 is 0 Å². The molecule has 2 unspecified atom stereocenters. The zero-order valence-corrected chi connectivity index (χ0v) is 11.4. The van der Waals surface area contributed by atoms with Crippen molar-refractivity contribution >= 4 is 5.78 Å². The number of fused-ring (bicyclic) bond motifs is 3. The molecule has 0 spiro atoms. The maximum atomic E-state index is 11.7. The van der Waals surface area contributed by atoms with Gasteiger partial charge in [-0.3, -0.25) is 4.79 Å². The molecule has 100 valence electrons. The van der Waals surface area contributed by atoms with Crippen LogP contribution in [-0.2, 0) is 4.79 Å². The zero-order chi connectivity index (χ0) is 12.8. The van der Waals surface area contributed by atoms with Crippen LogP contribution in [0.1, 0.15) is 58.3 Å². The third-order valence-electron chi connectivity index (χ3n) is 5.97. The van der Waals surface area contributed by atoms with Gasteiger partial charge in [0.25, 0.3) is 0 Å². The highest BCUT2D eigenvalue weighted by molar-refractivity contribution is 5.80.